The zero-order chi connectivity index (χ0) is 20.8. The number of carbonyl (C=O) groups excluding carboxylic acids is 2. The zero-order valence-corrected chi connectivity index (χ0v) is 16.9. The fourth-order valence-corrected chi connectivity index (χ4v) is 4.12. The number of aromatic hydroxyl groups is 1. The Hall–Kier alpha value is -3.11. The molecule has 3 N–H and O–H groups in total. The maximum Gasteiger partial charge on any atom is 0.341 e. The smallest absolute Gasteiger partial charge is 0.341 e. The first-order valence-electron chi connectivity index (χ1n) is 8.55. The molecule has 0 spiro atoms. The van der Waals surface area contributed by atoms with Crippen molar-refractivity contribution >= 4 is 40.0 Å². The number of esters is 1. The van der Waals surface area contributed by atoms with Crippen molar-refractivity contribution in [2.24, 2.45) is 0 Å². The SMILES string of the molecule is CCOC(=O)c1c(-c2ccccc2)csc1NC(=O)CSc1nc(O)cc(=O)[nH]1. The van der Waals surface area contributed by atoms with Gasteiger partial charge in [0.15, 0.2) is 5.16 Å². The number of thioether (sulfide) groups is 1. The molecule has 0 radical (unpaired) electrons. The molecule has 0 bridgehead atoms. The van der Waals surface area contributed by atoms with Crippen molar-refractivity contribution < 1.29 is 19.4 Å². The molecule has 0 unspecified atom stereocenters. The Morgan fingerprint density at radius 1 is 1.31 bits per heavy atom. The van der Waals surface area contributed by atoms with Gasteiger partial charge in [-0.15, -0.1) is 11.3 Å². The van der Waals surface area contributed by atoms with Crippen molar-refractivity contribution in [1.82, 2.24) is 9.97 Å². The van der Waals surface area contributed by atoms with Crippen LogP contribution in [0.25, 0.3) is 11.1 Å². The van der Waals surface area contributed by atoms with E-state index < -0.39 is 23.3 Å². The number of aromatic nitrogens is 2. The van der Waals surface area contributed by atoms with Gasteiger partial charge in [-0.2, -0.15) is 4.98 Å². The van der Waals surface area contributed by atoms with Crippen molar-refractivity contribution in [2.75, 3.05) is 17.7 Å². The lowest BCUT2D eigenvalue weighted by Crippen LogP contribution is -2.17. The normalized spacial score (nSPS) is 10.5. The average molecular weight is 431 g/mol. The molecule has 3 aromatic rings. The van der Waals surface area contributed by atoms with Crippen molar-refractivity contribution in [1.29, 1.82) is 0 Å². The van der Waals surface area contributed by atoms with E-state index >= 15 is 0 Å². The van der Waals surface area contributed by atoms with Gasteiger partial charge in [-0.3, -0.25) is 9.59 Å². The Morgan fingerprint density at radius 2 is 2.07 bits per heavy atom. The van der Waals surface area contributed by atoms with Crippen molar-refractivity contribution in [3.05, 3.63) is 57.7 Å². The van der Waals surface area contributed by atoms with Crippen LogP contribution in [-0.2, 0) is 9.53 Å². The van der Waals surface area contributed by atoms with E-state index in [0.717, 1.165) is 23.4 Å². The fourth-order valence-electron chi connectivity index (χ4n) is 2.47. The van der Waals surface area contributed by atoms with E-state index in [0.29, 0.717) is 16.1 Å². The van der Waals surface area contributed by atoms with E-state index in [-0.39, 0.29) is 17.5 Å². The second-order valence-electron chi connectivity index (χ2n) is 5.69. The number of rotatable bonds is 7. The maximum absolute atomic E-state index is 12.5. The monoisotopic (exact) mass is 431 g/mol. The third kappa shape index (κ3) is 5.24. The predicted octanol–water partition coefficient (Wildman–Crippen LogP) is 3.11. The molecule has 0 saturated carbocycles. The second-order valence-corrected chi connectivity index (χ2v) is 7.53. The zero-order valence-electron chi connectivity index (χ0n) is 15.3. The van der Waals surface area contributed by atoms with Crippen LogP contribution in [0.4, 0.5) is 5.00 Å². The highest BCUT2D eigenvalue weighted by atomic mass is 32.2. The summed E-state index contributed by atoms with van der Waals surface area (Å²) in [5, 5.41) is 14.4. The molecule has 1 aromatic carbocycles. The number of benzene rings is 1. The van der Waals surface area contributed by atoms with Gasteiger partial charge >= 0.3 is 5.97 Å². The summed E-state index contributed by atoms with van der Waals surface area (Å²) in [5.74, 6) is -1.41. The van der Waals surface area contributed by atoms with Gasteiger partial charge in [0.25, 0.3) is 5.56 Å². The highest BCUT2D eigenvalue weighted by Crippen LogP contribution is 2.36. The number of thiophene rings is 1. The van der Waals surface area contributed by atoms with Gasteiger partial charge in [0.1, 0.15) is 10.6 Å². The minimum absolute atomic E-state index is 0.0762. The number of aromatic amines is 1. The number of H-pyrrole nitrogens is 1. The van der Waals surface area contributed by atoms with Gasteiger partial charge < -0.3 is 20.1 Å². The first-order valence-corrected chi connectivity index (χ1v) is 10.4. The van der Waals surface area contributed by atoms with E-state index in [1.54, 1.807) is 12.3 Å². The summed E-state index contributed by atoms with van der Waals surface area (Å²) in [6.45, 7) is 1.92. The van der Waals surface area contributed by atoms with E-state index in [4.69, 9.17) is 4.74 Å². The van der Waals surface area contributed by atoms with Crippen molar-refractivity contribution in [3.63, 3.8) is 0 Å². The second kappa shape index (κ2) is 9.39. The van der Waals surface area contributed by atoms with Gasteiger partial charge in [0.2, 0.25) is 11.8 Å². The third-order valence-corrected chi connectivity index (χ3v) is 5.42. The Balaban J connectivity index is 1.79. The van der Waals surface area contributed by atoms with Gasteiger partial charge in [-0.05, 0) is 12.5 Å². The highest BCUT2D eigenvalue weighted by molar-refractivity contribution is 7.99. The first-order chi connectivity index (χ1) is 14.0. The molecule has 0 fully saturated rings. The molecule has 0 aliphatic carbocycles. The molecule has 0 atom stereocenters. The minimum atomic E-state index is -0.519. The number of carbonyl (C=O) groups is 2. The lowest BCUT2D eigenvalue weighted by molar-refractivity contribution is -0.113. The van der Waals surface area contributed by atoms with Crippen LogP contribution in [-0.4, -0.2) is 39.3 Å². The summed E-state index contributed by atoms with van der Waals surface area (Å²) >= 11 is 2.18. The van der Waals surface area contributed by atoms with Crippen LogP contribution in [0.3, 0.4) is 0 Å². The summed E-state index contributed by atoms with van der Waals surface area (Å²) in [6.07, 6.45) is 0. The Morgan fingerprint density at radius 3 is 2.76 bits per heavy atom. The molecule has 3 rings (SSSR count). The summed E-state index contributed by atoms with van der Waals surface area (Å²) in [5.41, 5.74) is 1.29. The van der Waals surface area contributed by atoms with Crippen molar-refractivity contribution in [2.45, 2.75) is 12.1 Å². The quantitative estimate of drug-likeness (QED) is 0.298. The molecule has 1 amide bonds. The largest absolute Gasteiger partial charge is 0.493 e. The van der Waals surface area contributed by atoms with E-state index in [1.807, 2.05) is 30.3 Å². The van der Waals surface area contributed by atoms with E-state index in [9.17, 15) is 19.5 Å². The topological polar surface area (TPSA) is 121 Å². The van der Waals surface area contributed by atoms with Crippen LogP contribution in [0.15, 0.2) is 51.7 Å². The Bertz CT molecular complexity index is 1080. The summed E-state index contributed by atoms with van der Waals surface area (Å²) in [7, 11) is 0. The molecular formula is C19H17N3O5S2. The average Bonchev–Trinajstić information content (AvgIpc) is 3.10. The molecule has 2 heterocycles. The van der Waals surface area contributed by atoms with Crippen LogP contribution in [0, 0.1) is 0 Å². The molecule has 2 aromatic heterocycles. The number of hydrogen-bond donors (Lipinski definition) is 3. The summed E-state index contributed by atoms with van der Waals surface area (Å²) in [6, 6.07) is 10.3. The minimum Gasteiger partial charge on any atom is -0.493 e. The highest BCUT2D eigenvalue weighted by Gasteiger charge is 2.22. The van der Waals surface area contributed by atoms with Crippen LogP contribution in [0.2, 0.25) is 0 Å². The third-order valence-electron chi connectivity index (χ3n) is 3.65. The van der Waals surface area contributed by atoms with E-state index in [1.165, 1.54) is 11.3 Å². The van der Waals surface area contributed by atoms with Crippen LogP contribution < -0.4 is 10.9 Å². The van der Waals surface area contributed by atoms with Gasteiger partial charge in [-0.1, -0.05) is 42.1 Å². The van der Waals surface area contributed by atoms with E-state index in [2.05, 4.69) is 15.3 Å². The Labute approximate surface area is 174 Å². The molecule has 8 nitrogen and oxygen atoms in total. The van der Waals surface area contributed by atoms with Crippen LogP contribution >= 0.6 is 23.1 Å². The molecule has 150 valence electrons. The molecule has 0 saturated heterocycles. The Kier molecular flexibility index (Phi) is 6.68. The fraction of sp³-hybridized carbons (Fsp3) is 0.158. The van der Waals surface area contributed by atoms with Crippen LogP contribution in [0.5, 0.6) is 5.88 Å². The van der Waals surface area contributed by atoms with Gasteiger partial charge in [0, 0.05) is 10.9 Å². The number of anilines is 1. The lowest BCUT2D eigenvalue weighted by atomic mass is 10.0. The molecule has 10 heteroatoms. The summed E-state index contributed by atoms with van der Waals surface area (Å²) < 4.78 is 5.16. The number of nitrogens with one attached hydrogen (secondary N) is 2. The maximum atomic E-state index is 12.5. The van der Waals surface area contributed by atoms with Crippen LogP contribution in [0.1, 0.15) is 17.3 Å². The summed E-state index contributed by atoms with van der Waals surface area (Å²) in [4.78, 5) is 42.4. The lowest BCUT2D eigenvalue weighted by Gasteiger charge is -2.08. The van der Waals surface area contributed by atoms with Gasteiger partial charge in [-0.25, -0.2) is 4.79 Å². The molecule has 0 aliphatic rings. The van der Waals surface area contributed by atoms with Gasteiger partial charge in [0.05, 0.1) is 18.4 Å². The number of nitrogens with zero attached hydrogens (tertiary/aromatic N) is 1. The molecule has 29 heavy (non-hydrogen) atoms. The predicted molar refractivity (Wildman–Crippen MR) is 112 cm³/mol. The molecular weight excluding hydrogens is 414 g/mol. The number of hydrogen-bond acceptors (Lipinski definition) is 8. The standard InChI is InChI=1S/C19H17N3O5S2/c1-2-27-18(26)16-12(11-6-4-3-5-7-11)9-28-17(16)20-15(25)10-29-19-21-13(23)8-14(24)22-19/h3-9H,2,10H2,1H3,(H,20,25)(H2,21,22,23,24). The first kappa shape index (κ1) is 20.6. The number of ether oxygens (including phenoxy) is 1. The molecule has 0 aliphatic heterocycles. The number of amides is 1. The van der Waals surface area contributed by atoms with Crippen molar-refractivity contribution in [3.8, 4) is 17.0 Å².